The Hall–Kier alpha value is -3.55. The second kappa shape index (κ2) is 9.51. The summed E-state index contributed by atoms with van der Waals surface area (Å²) in [4.78, 5) is 28.0. The average Bonchev–Trinajstić information content (AvgIpc) is 3.24. The minimum Gasteiger partial charge on any atom is -0.493 e. The lowest BCUT2D eigenvalue weighted by Crippen LogP contribution is -2.32. The zero-order valence-corrected chi connectivity index (χ0v) is 17.3. The standard InChI is InChI=1S/C23H24FN5O2/c1-16-5-2-9-21(26-16)28-22-15-25-14-19(27-22)20-8-4-11-29(20)23(30)10-12-31-18-7-3-6-17(24)13-18/h2-3,5-7,9,13-15,20H,4,8,10-12H2,1H3,(H,26,27,28)/t20-/m0/s1. The molecule has 8 heteroatoms. The summed E-state index contributed by atoms with van der Waals surface area (Å²) in [5.74, 6) is 1.32. The average molecular weight is 421 g/mol. The molecule has 1 aliphatic heterocycles. The highest BCUT2D eigenvalue weighted by molar-refractivity contribution is 5.77. The summed E-state index contributed by atoms with van der Waals surface area (Å²) in [5.41, 5.74) is 1.65. The lowest BCUT2D eigenvalue weighted by molar-refractivity contribution is -0.132. The monoisotopic (exact) mass is 421 g/mol. The fraction of sp³-hybridized carbons (Fsp3) is 0.304. The predicted molar refractivity (Wildman–Crippen MR) is 114 cm³/mol. The van der Waals surface area contributed by atoms with Crippen LogP contribution in [0.25, 0.3) is 0 Å². The van der Waals surface area contributed by atoms with Crippen LogP contribution in [-0.4, -0.2) is 38.9 Å². The predicted octanol–water partition coefficient (Wildman–Crippen LogP) is 4.20. The maximum atomic E-state index is 13.3. The van der Waals surface area contributed by atoms with Gasteiger partial charge in [0.05, 0.1) is 37.2 Å². The Morgan fingerprint density at radius 3 is 2.90 bits per heavy atom. The molecule has 7 nitrogen and oxygen atoms in total. The molecule has 3 heterocycles. The fourth-order valence-corrected chi connectivity index (χ4v) is 3.68. The van der Waals surface area contributed by atoms with Crippen LogP contribution in [0.4, 0.5) is 16.0 Å². The van der Waals surface area contributed by atoms with Gasteiger partial charge in [0.1, 0.15) is 23.2 Å². The van der Waals surface area contributed by atoms with E-state index in [0.717, 1.165) is 24.2 Å². The Balaban J connectivity index is 1.39. The van der Waals surface area contributed by atoms with Gasteiger partial charge in [0.25, 0.3) is 0 Å². The van der Waals surface area contributed by atoms with E-state index in [1.807, 2.05) is 30.0 Å². The quantitative estimate of drug-likeness (QED) is 0.616. The molecule has 1 saturated heterocycles. The molecule has 0 unspecified atom stereocenters. The number of aromatic nitrogens is 3. The van der Waals surface area contributed by atoms with E-state index >= 15 is 0 Å². The molecule has 0 saturated carbocycles. The van der Waals surface area contributed by atoms with Gasteiger partial charge < -0.3 is 15.0 Å². The van der Waals surface area contributed by atoms with Crippen molar-refractivity contribution in [1.82, 2.24) is 19.9 Å². The first-order valence-corrected chi connectivity index (χ1v) is 10.3. The Bertz CT molecular complexity index is 1060. The summed E-state index contributed by atoms with van der Waals surface area (Å²) in [6, 6.07) is 11.5. The first-order chi connectivity index (χ1) is 15.1. The van der Waals surface area contributed by atoms with Gasteiger partial charge in [0.2, 0.25) is 5.91 Å². The number of nitrogens with one attached hydrogen (secondary N) is 1. The lowest BCUT2D eigenvalue weighted by Gasteiger charge is -2.24. The van der Waals surface area contributed by atoms with Crippen molar-refractivity contribution in [2.45, 2.75) is 32.2 Å². The van der Waals surface area contributed by atoms with Gasteiger partial charge in [0, 0.05) is 18.3 Å². The Kier molecular flexibility index (Phi) is 6.35. The third-order valence-electron chi connectivity index (χ3n) is 5.09. The second-order valence-corrected chi connectivity index (χ2v) is 7.42. The van der Waals surface area contributed by atoms with Gasteiger partial charge in [-0.1, -0.05) is 12.1 Å². The number of carbonyl (C=O) groups is 1. The number of carbonyl (C=O) groups excluding carboxylic acids is 1. The van der Waals surface area contributed by atoms with E-state index in [1.54, 1.807) is 24.5 Å². The van der Waals surface area contributed by atoms with Gasteiger partial charge in [-0.05, 0) is 44.0 Å². The molecule has 1 N–H and O–H groups in total. The molecule has 4 rings (SSSR count). The van der Waals surface area contributed by atoms with E-state index in [1.165, 1.54) is 12.1 Å². The molecule has 0 spiro atoms. The highest BCUT2D eigenvalue weighted by Gasteiger charge is 2.31. The lowest BCUT2D eigenvalue weighted by atomic mass is 10.1. The van der Waals surface area contributed by atoms with Gasteiger partial charge in [-0.15, -0.1) is 0 Å². The summed E-state index contributed by atoms with van der Waals surface area (Å²) in [7, 11) is 0. The number of pyridine rings is 1. The van der Waals surface area contributed by atoms with Gasteiger partial charge in [-0.3, -0.25) is 9.78 Å². The van der Waals surface area contributed by atoms with Crippen molar-refractivity contribution in [3.8, 4) is 5.75 Å². The van der Waals surface area contributed by atoms with Crippen molar-refractivity contribution >= 4 is 17.5 Å². The van der Waals surface area contributed by atoms with E-state index in [9.17, 15) is 9.18 Å². The number of rotatable bonds is 7. The molecule has 160 valence electrons. The molecule has 31 heavy (non-hydrogen) atoms. The summed E-state index contributed by atoms with van der Waals surface area (Å²) in [6.07, 6.45) is 5.29. The molecule has 1 aliphatic rings. The summed E-state index contributed by atoms with van der Waals surface area (Å²) in [5, 5.41) is 3.17. The third kappa shape index (κ3) is 5.33. The van der Waals surface area contributed by atoms with E-state index in [4.69, 9.17) is 4.74 Å². The summed E-state index contributed by atoms with van der Waals surface area (Å²) in [6.45, 7) is 2.79. The van der Waals surface area contributed by atoms with Crippen LogP contribution in [0, 0.1) is 12.7 Å². The van der Waals surface area contributed by atoms with E-state index in [0.29, 0.717) is 23.9 Å². The number of benzene rings is 1. The molecule has 2 aromatic heterocycles. The molecule has 0 bridgehead atoms. The summed E-state index contributed by atoms with van der Waals surface area (Å²) < 4.78 is 18.8. The number of hydrogen-bond acceptors (Lipinski definition) is 6. The molecule has 0 aliphatic carbocycles. The van der Waals surface area contributed by atoms with Crippen LogP contribution >= 0.6 is 0 Å². The van der Waals surface area contributed by atoms with Crippen molar-refractivity contribution in [3.05, 3.63) is 72.1 Å². The van der Waals surface area contributed by atoms with Gasteiger partial charge in [0.15, 0.2) is 0 Å². The topological polar surface area (TPSA) is 80.2 Å². The van der Waals surface area contributed by atoms with Crippen LogP contribution in [0.2, 0.25) is 0 Å². The highest BCUT2D eigenvalue weighted by atomic mass is 19.1. The number of ether oxygens (including phenoxy) is 1. The molecular weight excluding hydrogens is 397 g/mol. The number of aryl methyl sites for hydroxylation is 1. The molecule has 3 aromatic rings. The number of nitrogens with zero attached hydrogens (tertiary/aromatic N) is 4. The Morgan fingerprint density at radius 2 is 2.06 bits per heavy atom. The van der Waals surface area contributed by atoms with Crippen LogP contribution in [-0.2, 0) is 4.79 Å². The van der Waals surface area contributed by atoms with E-state index in [2.05, 4.69) is 20.3 Å². The number of hydrogen-bond donors (Lipinski definition) is 1. The smallest absolute Gasteiger partial charge is 0.226 e. The van der Waals surface area contributed by atoms with Crippen molar-refractivity contribution in [2.24, 2.45) is 0 Å². The molecular formula is C23H24FN5O2. The fourth-order valence-electron chi connectivity index (χ4n) is 3.68. The number of halogens is 1. The van der Waals surface area contributed by atoms with Crippen LogP contribution in [0.15, 0.2) is 54.9 Å². The molecule has 1 fully saturated rings. The maximum absolute atomic E-state index is 13.3. The number of likely N-dealkylation sites (tertiary alicyclic amines) is 1. The zero-order chi connectivity index (χ0) is 21.6. The Labute approximate surface area is 180 Å². The van der Waals surface area contributed by atoms with Gasteiger partial charge in [-0.25, -0.2) is 14.4 Å². The van der Waals surface area contributed by atoms with Gasteiger partial charge >= 0.3 is 0 Å². The van der Waals surface area contributed by atoms with Crippen LogP contribution < -0.4 is 10.1 Å². The second-order valence-electron chi connectivity index (χ2n) is 7.42. The zero-order valence-electron chi connectivity index (χ0n) is 17.3. The third-order valence-corrected chi connectivity index (χ3v) is 5.09. The minimum absolute atomic E-state index is 0.0144. The van der Waals surface area contributed by atoms with Crippen LogP contribution in [0.3, 0.4) is 0 Å². The molecule has 1 amide bonds. The van der Waals surface area contributed by atoms with E-state index in [-0.39, 0.29) is 30.8 Å². The van der Waals surface area contributed by atoms with Crippen molar-refractivity contribution < 1.29 is 13.9 Å². The largest absolute Gasteiger partial charge is 0.493 e. The molecule has 1 aromatic carbocycles. The first kappa shape index (κ1) is 20.7. The molecule has 1 atom stereocenters. The SMILES string of the molecule is Cc1cccc(Nc2cncc([C@@H]3CCCN3C(=O)CCOc3cccc(F)c3)n2)n1. The van der Waals surface area contributed by atoms with Crippen molar-refractivity contribution in [1.29, 1.82) is 0 Å². The van der Waals surface area contributed by atoms with Gasteiger partial charge in [-0.2, -0.15) is 0 Å². The van der Waals surface area contributed by atoms with E-state index < -0.39 is 0 Å². The maximum Gasteiger partial charge on any atom is 0.226 e. The summed E-state index contributed by atoms with van der Waals surface area (Å²) >= 11 is 0. The normalized spacial score (nSPS) is 15.7. The number of amides is 1. The van der Waals surface area contributed by atoms with Crippen molar-refractivity contribution in [3.63, 3.8) is 0 Å². The van der Waals surface area contributed by atoms with Crippen LogP contribution in [0.1, 0.15) is 36.7 Å². The van der Waals surface area contributed by atoms with Crippen LogP contribution in [0.5, 0.6) is 5.75 Å². The number of anilines is 2. The Morgan fingerprint density at radius 1 is 1.19 bits per heavy atom. The minimum atomic E-state index is -0.364. The first-order valence-electron chi connectivity index (χ1n) is 10.3. The van der Waals surface area contributed by atoms with Crippen molar-refractivity contribution in [2.75, 3.05) is 18.5 Å². The molecule has 0 radical (unpaired) electrons. The highest BCUT2D eigenvalue weighted by Crippen LogP contribution is 2.31.